The van der Waals surface area contributed by atoms with Gasteiger partial charge in [0.25, 0.3) is 0 Å². The molecule has 1 heterocycles. The molecule has 2 aromatic rings. The van der Waals surface area contributed by atoms with Crippen LogP contribution in [-0.2, 0) is 16.1 Å². The first-order chi connectivity index (χ1) is 17.9. The Hall–Kier alpha value is -2.15. The molecule has 210 valence electrons. The molecule has 0 aliphatic heterocycles. The number of rotatable bonds is 10. The van der Waals surface area contributed by atoms with Gasteiger partial charge in [-0.3, -0.25) is 9.78 Å². The highest BCUT2D eigenvalue weighted by Gasteiger charge is 2.39. The molecule has 1 aromatic carbocycles. The van der Waals surface area contributed by atoms with Crippen molar-refractivity contribution in [3.63, 3.8) is 0 Å². The fourth-order valence-electron chi connectivity index (χ4n) is 4.02. The van der Waals surface area contributed by atoms with Crippen LogP contribution in [0.25, 0.3) is 0 Å². The number of halogens is 1. The van der Waals surface area contributed by atoms with E-state index in [-0.39, 0.29) is 30.2 Å². The number of hydrogen-bond acceptors (Lipinski definition) is 5. The lowest BCUT2D eigenvalue weighted by molar-refractivity contribution is -0.144. The number of aliphatic hydroxyl groups excluding tert-OH is 1. The minimum absolute atomic E-state index is 0.00140. The van der Waals surface area contributed by atoms with Gasteiger partial charge in [-0.1, -0.05) is 71.9 Å². The molecule has 1 fully saturated rings. The van der Waals surface area contributed by atoms with Gasteiger partial charge in [-0.15, -0.1) is 0 Å². The van der Waals surface area contributed by atoms with Gasteiger partial charge in [-0.25, -0.2) is 4.39 Å². The monoisotopic (exact) mass is 519 g/mol. The predicted octanol–water partition coefficient (Wildman–Crippen LogP) is 7.40. The van der Waals surface area contributed by atoms with E-state index >= 15 is 0 Å². The summed E-state index contributed by atoms with van der Waals surface area (Å²) >= 11 is 0. The number of hydrogen-bond donors (Lipinski definition) is 2. The van der Waals surface area contributed by atoms with Crippen molar-refractivity contribution < 1.29 is 24.1 Å². The van der Waals surface area contributed by atoms with Crippen molar-refractivity contribution >= 4 is 5.78 Å². The second-order valence-corrected chi connectivity index (χ2v) is 8.90. The molecule has 1 aliphatic carbocycles. The zero-order valence-electron chi connectivity index (χ0n) is 23.9. The maximum Gasteiger partial charge on any atom is 0.164 e. The smallest absolute Gasteiger partial charge is 0.164 e. The van der Waals surface area contributed by atoms with Crippen LogP contribution in [0, 0.1) is 5.82 Å². The predicted molar refractivity (Wildman–Crippen MR) is 150 cm³/mol. The first-order valence-electron chi connectivity index (χ1n) is 14.0. The number of carbonyl (C=O) groups excluding carboxylic acids is 1. The minimum Gasteiger partial charge on any atom is -0.396 e. The summed E-state index contributed by atoms with van der Waals surface area (Å²) < 4.78 is 18.6. The Bertz CT molecular complexity index is 823. The molecule has 1 atom stereocenters. The molecule has 6 heteroatoms. The van der Waals surface area contributed by atoms with Crippen LogP contribution in [0.1, 0.15) is 110 Å². The maximum atomic E-state index is 12.7. The van der Waals surface area contributed by atoms with Gasteiger partial charge in [-0.05, 0) is 68.1 Å². The van der Waals surface area contributed by atoms with E-state index in [9.17, 15) is 14.3 Å². The fourth-order valence-corrected chi connectivity index (χ4v) is 4.02. The lowest BCUT2D eigenvalue weighted by Gasteiger charge is -2.34. The molecule has 1 aliphatic rings. The topological polar surface area (TPSA) is 79.7 Å². The average Bonchev–Trinajstić information content (AvgIpc) is 2.94. The quantitative estimate of drug-likeness (QED) is 0.342. The molecule has 0 spiro atoms. The van der Waals surface area contributed by atoms with Crippen LogP contribution in [0.3, 0.4) is 0 Å². The van der Waals surface area contributed by atoms with E-state index < -0.39 is 5.60 Å². The number of aliphatic hydroxyl groups is 2. The Morgan fingerprint density at radius 2 is 1.76 bits per heavy atom. The Morgan fingerprint density at radius 1 is 1.14 bits per heavy atom. The number of pyridine rings is 1. The van der Waals surface area contributed by atoms with Crippen molar-refractivity contribution in [3.05, 3.63) is 65.7 Å². The number of carbonyl (C=O) groups is 1. The molecule has 5 nitrogen and oxygen atoms in total. The van der Waals surface area contributed by atoms with E-state index in [1.54, 1.807) is 6.20 Å². The lowest BCUT2D eigenvalue weighted by Crippen LogP contribution is -2.43. The first kappa shape index (κ1) is 34.9. The zero-order chi connectivity index (χ0) is 28.1. The Kier molecular flexibility index (Phi) is 19.6. The second kappa shape index (κ2) is 20.9. The number of ether oxygens (including phenoxy) is 1. The van der Waals surface area contributed by atoms with E-state index in [1.807, 2.05) is 71.9 Å². The number of Topliss-reactive ketones (excluding diaryl/α,β-unsaturated/α-hetero) is 1. The summed E-state index contributed by atoms with van der Waals surface area (Å²) in [5.41, 5.74) is 0.964. The Morgan fingerprint density at radius 3 is 2.30 bits per heavy atom. The summed E-state index contributed by atoms with van der Waals surface area (Å²) in [6.07, 6.45) is 8.51. The molecular weight excluding hydrogens is 469 g/mol. The summed E-state index contributed by atoms with van der Waals surface area (Å²) in [4.78, 5) is 15.7. The van der Waals surface area contributed by atoms with Crippen LogP contribution in [0.15, 0.2) is 48.8 Å². The van der Waals surface area contributed by atoms with Crippen molar-refractivity contribution in [1.82, 2.24) is 4.98 Å². The second-order valence-electron chi connectivity index (χ2n) is 8.90. The van der Waals surface area contributed by atoms with Gasteiger partial charge in [0.2, 0.25) is 0 Å². The highest BCUT2D eigenvalue weighted by atomic mass is 19.1. The third kappa shape index (κ3) is 13.8. The Labute approximate surface area is 224 Å². The average molecular weight is 520 g/mol. The van der Waals surface area contributed by atoms with Crippen LogP contribution in [-0.4, -0.2) is 39.3 Å². The molecule has 0 bridgehead atoms. The van der Waals surface area contributed by atoms with E-state index in [0.29, 0.717) is 25.9 Å². The van der Waals surface area contributed by atoms with E-state index in [2.05, 4.69) is 4.98 Å². The lowest BCUT2D eigenvalue weighted by atomic mass is 9.79. The molecule has 37 heavy (non-hydrogen) atoms. The summed E-state index contributed by atoms with van der Waals surface area (Å²) in [6, 6.07) is 11.6. The van der Waals surface area contributed by atoms with Crippen molar-refractivity contribution in [1.29, 1.82) is 0 Å². The van der Waals surface area contributed by atoms with Gasteiger partial charge in [-0.2, -0.15) is 0 Å². The van der Waals surface area contributed by atoms with E-state index in [1.165, 1.54) is 12.3 Å². The van der Waals surface area contributed by atoms with Crippen molar-refractivity contribution in [2.75, 3.05) is 6.61 Å². The number of benzene rings is 1. The maximum absolute atomic E-state index is 12.7. The summed E-state index contributed by atoms with van der Waals surface area (Å²) in [7, 11) is 0. The normalized spacial score (nSPS) is 19.1. The van der Waals surface area contributed by atoms with Crippen LogP contribution in [0.5, 0.6) is 0 Å². The molecule has 2 N–H and O–H groups in total. The minimum atomic E-state index is -1.09. The molecule has 1 aromatic heterocycles. The number of aromatic nitrogens is 1. The van der Waals surface area contributed by atoms with Crippen molar-refractivity contribution in [3.8, 4) is 0 Å². The molecule has 0 saturated heterocycles. The van der Waals surface area contributed by atoms with Crippen molar-refractivity contribution in [2.45, 2.75) is 117 Å². The van der Waals surface area contributed by atoms with Gasteiger partial charge < -0.3 is 14.9 Å². The molecule has 0 amide bonds. The van der Waals surface area contributed by atoms with Gasteiger partial charge >= 0.3 is 0 Å². The standard InChI is InChI=1S/C17H24O3.C10H14FNO.2C2H6/c1-2-6-16(18)17(19)11-9-15(10-12-17)20-13-14-7-4-3-5-8-14;1-8(3-2-4-13)9-5-10(11)7-12-6-9;2*1-2/h3-5,7-8,15,19H,2,6,9-13H2,1H3;5-8,13H,2-4H2,1H3;2*1-2H3. The van der Waals surface area contributed by atoms with E-state index in [0.717, 1.165) is 43.2 Å². The van der Waals surface area contributed by atoms with E-state index in [4.69, 9.17) is 9.84 Å². The van der Waals surface area contributed by atoms with Crippen LogP contribution >= 0.6 is 0 Å². The van der Waals surface area contributed by atoms with Gasteiger partial charge in [0.05, 0.1) is 18.9 Å². The third-order valence-corrected chi connectivity index (χ3v) is 6.17. The molecule has 1 unspecified atom stereocenters. The van der Waals surface area contributed by atoms with Crippen LogP contribution in [0.2, 0.25) is 0 Å². The first-order valence-corrected chi connectivity index (χ1v) is 14.0. The third-order valence-electron chi connectivity index (χ3n) is 6.17. The summed E-state index contributed by atoms with van der Waals surface area (Å²) in [5.74, 6) is -0.0368. The van der Waals surface area contributed by atoms with Crippen molar-refractivity contribution in [2.24, 2.45) is 0 Å². The summed E-state index contributed by atoms with van der Waals surface area (Å²) in [5, 5.41) is 19.0. The van der Waals surface area contributed by atoms with Crippen LogP contribution in [0.4, 0.5) is 4.39 Å². The largest absolute Gasteiger partial charge is 0.396 e. The SMILES string of the molecule is CC.CC.CC(CCCO)c1cncc(F)c1.CCCC(=O)C1(O)CCC(OCc2ccccc2)CC1. The Balaban J connectivity index is 0.000000660. The molecular formula is C31H50FNO4. The van der Waals surface area contributed by atoms with Crippen LogP contribution < -0.4 is 0 Å². The van der Waals surface area contributed by atoms with Gasteiger partial charge in [0.1, 0.15) is 11.4 Å². The van der Waals surface area contributed by atoms with Gasteiger partial charge in [0, 0.05) is 19.2 Å². The number of nitrogens with zero attached hydrogens (tertiary/aromatic N) is 1. The van der Waals surface area contributed by atoms with Gasteiger partial charge in [0.15, 0.2) is 5.78 Å². The zero-order valence-corrected chi connectivity index (χ0v) is 23.9. The number of ketones is 1. The molecule has 0 radical (unpaired) electrons. The molecule has 3 rings (SSSR count). The highest BCUT2D eigenvalue weighted by molar-refractivity contribution is 5.87. The fraction of sp³-hybridized carbons (Fsp3) is 0.613. The molecule has 1 saturated carbocycles. The summed E-state index contributed by atoms with van der Waals surface area (Å²) in [6.45, 7) is 12.8. The highest BCUT2D eigenvalue weighted by Crippen LogP contribution is 2.32.